The Hall–Kier alpha value is -4.26. The van der Waals surface area contributed by atoms with Crippen molar-refractivity contribution in [1.82, 2.24) is 19.9 Å². The van der Waals surface area contributed by atoms with Gasteiger partial charge in [-0.1, -0.05) is 18.2 Å². The lowest BCUT2D eigenvalue weighted by Gasteiger charge is -2.09. The number of rotatable bonds is 5. The van der Waals surface area contributed by atoms with Crippen molar-refractivity contribution in [1.29, 1.82) is 0 Å². The fourth-order valence-electron chi connectivity index (χ4n) is 3.03. The van der Waals surface area contributed by atoms with Crippen LogP contribution >= 0.6 is 0 Å². The number of hydrogen-bond donors (Lipinski definition) is 2. The summed E-state index contributed by atoms with van der Waals surface area (Å²) in [5.74, 6) is 1.89. The number of anilines is 4. The molecule has 0 atom stereocenters. The maximum Gasteiger partial charge on any atom is 0.229 e. The zero-order chi connectivity index (χ0) is 19.5. The molecule has 0 aliphatic carbocycles. The van der Waals surface area contributed by atoms with Crippen LogP contribution in [0.15, 0.2) is 90.1 Å². The first-order valence-corrected chi connectivity index (χ1v) is 9.04. The molecule has 7 nitrogen and oxygen atoms in total. The molecule has 0 spiro atoms. The quantitative estimate of drug-likeness (QED) is 0.435. The summed E-state index contributed by atoms with van der Waals surface area (Å²) in [5, 5.41) is 7.61. The number of fused-ring (bicyclic) bond motifs is 1. The molecular formula is C22H16N6O. The van der Waals surface area contributed by atoms with E-state index in [9.17, 15) is 0 Å². The Morgan fingerprint density at radius 1 is 0.793 bits per heavy atom. The van der Waals surface area contributed by atoms with E-state index in [0.29, 0.717) is 17.5 Å². The first-order chi connectivity index (χ1) is 14.3. The van der Waals surface area contributed by atoms with Gasteiger partial charge in [-0.15, -0.1) is 0 Å². The Kier molecular flexibility index (Phi) is 4.31. The number of benzene rings is 2. The van der Waals surface area contributed by atoms with Crippen molar-refractivity contribution in [2.75, 3.05) is 10.6 Å². The number of aromatic nitrogens is 4. The summed E-state index contributed by atoms with van der Waals surface area (Å²) in [7, 11) is 0. The fourth-order valence-corrected chi connectivity index (χ4v) is 3.03. The second-order valence-corrected chi connectivity index (χ2v) is 6.37. The van der Waals surface area contributed by atoms with E-state index in [2.05, 4.69) is 30.6 Å². The van der Waals surface area contributed by atoms with E-state index in [1.807, 2.05) is 60.7 Å². The molecule has 7 heteroatoms. The Morgan fingerprint density at radius 3 is 2.69 bits per heavy atom. The summed E-state index contributed by atoms with van der Waals surface area (Å²) in [5.41, 5.74) is 3.66. The second kappa shape index (κ2) is 7.40. The van der Waals surface area contributed by atoms with Crippen LogP contribution in [0.1, 0.15) is 0 Å². The van der Waals surface area contributed by atoms with E-state index in [1.54, 1.807) is 18.6 Å². The van der Waals surface area contributed by atoms with E-state index < -0.39 is 0 Å². The lowest BCUT2D eigenvalue weighted by Crippen LogP contribution is -2.00. The van der Waals surface area contributed by atoms with Crippen molar-refractivity contribution in [2.24, 2.45) is 0 Å². The van der Waals surface area contributed by atoms with Crippen LogP contribution in [0.2, 0.25) is 0 Å². The first kappa shape index (κ1) is 16.9. The molecule has 2 N–H and O–H groups in total. The topological polar surface area (TPSA) is 88.8 Å². The Labute approximate surface area is 166 Å². The van der Waals surface area contributed by atoms with E-state index in [1.165, 1.54) is 6.39 Å². The van der Waals surface area contributed by atoms with Crippen LogP contribution in [-0.4, -0.2) is 19.9 Å². The molecule has 3 heterocycles. The van der Waals surface area contributed by atoms with Crippen LogP contribution in [0.25, 0.3) is 22.2 Å². The van der Waals surface area contributed by atoms with Crippen LogP contribution in [0.4, 0.5) is 23.1 Å². The molecule has 2 aromatic carbocycles. The van der Waals surface area contributed by atoms with Crippen LogP contribution in [0.3, 0.4) is 0 Å². The largest absolute Gasteiger partial charge is 0.444 e. The summed E-state index contributed by atoms with van der Waals surface area (Å²) in [6.45, 7) is 0. The molecule has 0 aliphatic heterocycles. The third kappa shape index (κ3) is 3.74. The van der Waals surface area contributed by atoms with Crippen molar-refractivity contribution < 1.29 is 4.42 Å². The van der Waals surface area contributed by atoms with E-state index in [0.717, 1.165) is 27.8 Å². The van der Waals surface area contributed by atoms with Crippen LogP contribution < -0.4 is 10.6 Å². The van der Waals surface area contributed by atoms with Gasteiger partial charge in [-0.2, -0.15) is 4.98 Å². The Bertz CT molecular complexity index is 1270. The molecular weight excluding hydrogens is 364 g/mol. The standard InChI is InChI=1S/C22H16N6O/c1-3-16(20-13-23-14-29-20)12-17(5-1)27-22-25-10-8-21(28-22)26-18-6-7-19-15(11-18)4-2-9-24-19/h1-14H,(H2,25,26,27,28). The van der Waals surface area contributed by atoms with Gasteiger partial charge in [0, 0.05) is 34.7 Å². The third-order valence-corrected chi connectivity index (χ3v) is 4.37. The molecule has 5 rings (SSSR count). The number of nitrogens with one attached hydrogen (secondary N) is 2. The highest BCUT2D eigenvalue weighted by Gasteiger charge is 2.05. The SMILES string of the molecule is c1cc(Nc2nccc(Nc3ccc4ncccc4c3)n2)cc(-c2cnco2)c1. The Morgan fingerprint density at radius 2 is 1.76 bits per heavy atom. The number of pyridine rings is 1. The fraction of sp³-hybridized carbons (Fsp3) is 0. The lowest BCUT2D eigenvalue weighted by molar-refractivity contribution is 0.572. The minimum atomic E-state index is 0.493. The minimum absolute atomic E-state index is 0.493. The zero-order valence-electron chi connectivity index (χ0n) is 15.3. The van der Waals surface area contributed by atoms with Crippen molar-refractivity contribution in [2.45, 2.75) is 0 Å². The van der Waals surface area contributed by atoms with Gasteiger partial charge in [0.15, 0.2) is 12.2 Å². The Balaban J connectivity index is 1.36. The molecule has 0 aliphatic rings. The smallest absolute Gasteiger partial charge is 0.229 e. The van der Waals surface area contributed by atoms with Crippen LogP contribution in [-0.2, 0) is 0 Å². The van der Waals surface area contributed by atoms with Crippen LogP contribution in [0, 0.1) is 0 Å². The molecule has 29 heavy (non-hydrogen) atoms. The minimum Gasteiger partial charge on any atom is -0.444 e. The van der Waals surface area contributed by atoms with Crippen molar-refractivity contribution in [3.05, 3.63) is 85.6 Å². The molecule has 0 radical (unpaired) electrons. The van der Waals surface area contributed by atoms with Crippen molar-refractivity contribution in [3.8, 4) is 11.3 Å². The van der Waals surface area contributed by atoms with E-state index in [-0.39, 0.29) is 0 Å². The number of oxazole rings is 1. The predicted octanol–water partition coefficient (Wildman–Crippen LogP) is 5.17. The molecule has 3 aromatic heterocycles. The van der Waals surface area contributed by atoms with E-state index >= 15 is 0 Å². The van der Waals surface area contributed by atoms with Gasteiger partial charge < -0.3 is 15.1 Å². The third-order valence-electron chi connectivity index (χ3n) is 4.37. The maximum atomic E-state index is 5.36. The monoisotopic (exact) mass is 380 g/mol. The van der Waals surface area contributed by atoms with Gasteiger partial charge in [-0.05, 0) is 42.5 Å². The molecule has 5 aromatic rings. The molecule has 0 unspecified atom stereocenters. The summed E-state index contributed by atoms with van der Waals surface area (Å²) in [6, 6.07) is 19.6. The number of hydrogen-bond acceptors (Lipinski definition) is 7. The number of nitrogens with zero attached hydrogens (tertiary/aromatic N) is 4. The van der Waals surface area contributed by atoms with Gasteiger partial charge in [0.2, 0.25) is 5.95 Å². The average molecular weight is 380 g/mol. The summed E-state index contributed by atoms with van der Waals surface area (Å²) < 4.78 is 5.36. The molecule has 0 saturated heterocycles. The second-order valence-electron chi connectivity index (χ2n) is 6.37. The highest BCUT2D eigenvalue weighted by atomic mass is 16.3. The van der Waals surface area contributed by atoms with Gasteiger partial charge in [0.25, 0.3) is 0 Å². The summed E-state index contributed by atoms with van der Waals surface area (Å²) >= 11 is 0. The van der Waals surface area contributed by atoms with Crippen molar-refractivity contribution >= 4 is 34.0 Å². The molecule has 0 fully saturated rings. The van der Waals surface area contributed by atoms with Gasteiger partial charge in [-0.25, -0.2) is 9.97 Å². The normalized spacial score (nSPS) is 10.8. The van der Waals surface area contributed by atoms with Gasteiger partial charge in [-0.3, -0.25) is 4.98 Å². The summed E-state index contributed by atoms with van der Waals surface area (Å²) in [6.07, 6.45) is 6.59. The average Bonchev–Trinajstić information content (AvgIpc) is 3.29. The first-order valence-electron chi connectivity index (χ1n) is 9.04. The van der Waals surface area contributed by atoms with Crippen LogP contribution in [0.5, 0.6) is 0 Å². The van der Waals surface area contributed by atoms with Gasteiger partial charge in [0.05, 0.1) is 11.7 Å². The molecule has 0 bridgehead atoms. The zero-order valence-corrected chi connectivity index (χ0v) is 15.3. The van der Waals surface area contributed by atoms with Crippen molar-refractivity contribution in [3.63, 3.8) is 0 Å². The van der Waals surface area contributed by atoms with E-state index in [4.69, 9.17) is 4.42 Å². The highest BCUT2D eigenvalue weighted by Crippen LogP contribution is 2.24. The van der Waals surface area contributed by atoms with Gasteiger partial charge in [0.1, 0.15) is 5.82 Å². The van der Waals surface area contributed by atoms with Gasteiger partial charge >= 0.3 is 0 Å². The summed E-state index contributed by atoms with van der Waals surface area (Å²) in [4.78, 5) is 17.2. The molecule has 140 valence electrons. The molecule has 0 saturated carbocycles. The lowest BCUT2D eigenvalue weighted by atomic mass is 10.1. The maximum absolute atomic E-state index is 5.36. The predicted molar refractivity (Wildman–Crippen MR) is 112 cm³/mol. The highest BCUT2D eigenvalue weighted by molar-refractivity contribution is 5.83. The molecule has 0 amide bonds.